The monoisotopic (exact) mass is 398 g/mol. The van der Waals surface area contributed by atoms with E-state index < -0.39 is 36.8 Å². The summed E-state index contributed by atoms with van der Waals surface area (Å²) in [5, 5.41) is 24.2. The quantitative estimate of drug-likeness (QED) is 0.371. The van der Waals surface area contributed by atoms with Crippen molar-refractivity contribution in [3.8, 4) is 0 Å². The van der Waals surface area contributed by atoms with E-state index in [-0.39, 0.29) is 24.2 Å². The maximum atomic E-state index is 12.7. The van der Waals surface area contributed by atoms with Gasteiger partial charge in [-0.2, -0.15) is 0 Å². The second-order valence-electron chi connectivity index (χ2n) is 8.51. The number of ketones is 1. The number of epoxide rings is 1. The molecule has 2 aliphatic rings. The Kier molecular flexibility index (Phi) is 8.39. The van der Waals surface area contributed by atoms with Gasteiger partial charge in [0, 0.05) is 6.42 Å². The van der Waals surface area contributed by atoms with Gasteiger partial charge in [-0.1, -0.05) is 33.1 Å². The lowest BCUT2D eigenvalue weighted by atomic mass is 9.87. The van der Waals surface area contributed by atoms with Crippen LogP contribution >= 0.6 is 0 Å². The van der Waals surface area contributed by atoms with Crippen molar-refractivity contribution in [2.45, 2.75) is 76.5 Å². The minimum absolute atomic E-state index is 0.122. The number of nitrogens with one attached hydrogen (secondary N) is 2. The zero-order valence-corrected chi connectivity index (χ0v) is 16.9. The Balaban J connectivity index is 1.93. The van der Waals surface area contributed by atoms with E-state index in [2.05, 4.69) is 10.6 Å². The predicted molar refractivity (Wildman–Crippen MR) is 102 cm³/mol. The smallest absolute Gasteiger partial charge is 0.245 e. The molecule has 1 saturated carbocycles. The average Bonchev–Trinajstić information content (AvgIpc) is 3.46. The van der Waals surface area contributed by atoms with Crippen LogP contribution in [0.1, 0.15) is 58.8 Å². The normalized spacial score (nSPS) is 24.5. The third-order valence-electron chi connectivity index (χ3n) is 5.57. The molecule has 1 heterocycles. The van der Waals surface area contributed by atoms with Gasteiger partial charge in [-0.15, -0.1) is 0 Å². The second kappa shape index (κ2) is 10.3. The molecular formula is C20H34N2O6. The van der Waals surface area contributed by atoms with Crippen molar-refractivity contribution in [3.63, 3.8) is 0 Å². The van der Waals surface area contributed by atoms with Gasteiger partial charge in [-0.05, 0) is 31.1 Å². The lowest BCUT2D eigenvalue weighted by Gasteiger charge is -2.25. The summed E-state index contributed by atoms with van der Waals surface area (Å²) in [6.07, 6.45) is 6.19. The number of carbonyl (C=O) groups is 3. The zero-order valence-electron chi connectivity index (χ0n) is 16.9. The predicted octanol–water partition coefficient (Wildman–Crippen LogP) is 0.295. The number of carbonyl (C=O) groups excluding carboxylic acids is 3. The Labute approximate surface area is 166 Å². The van der Waals surface area contributed by atoms with Gasteiger partial charge in [-0.25, -0.2) is 0 Å². The van der Waals surface area contributed by atoms with Crippen LogP contribution in [0.15, 0.2) is 0 Å². The van der Waals surface area contributed by atoms with Crippen LogP contribution in [0.3, 0.4) is 0 Å². The number of aliphatic hydroxyl groups is 2. The Bertz CT molecular complexity index is 555. The summed E-state index contributed by atoms with van der Waals surface area (Å²) in [7, 11) is 0. The number of Topliss-reactive ketones (excluding diaryl/α,β-unsaturated/α-hetero) is 1. The highest BCUT2D eigenvalue weighted by Gasteiger charge is 2.54. The summed E-state index contributed by atoms with van der Waals surface area (Å²) in [6.45, 7) is 2.99. The molecule has 160 valence electrons. The van der Waals surface area contributed by atoms with E-state index in [0.717, 1.165) is 25.7 Å². The maximum absolute atomic E-state index is 12.7. The Morgan fingerprint density at radius 1 is 1.07 bits per heavy atom. The highest BCUT2D eigenvalue weighted by molar-refractivity contribution is 5.98. The molecule has 2 amide bonds. The second-order valence-corrected chi connectivity index (χ2v) is 8.51. The number of ether oxygens (including phenoxy) is 1. The van der Waals surface area contributed by atoms with E-state index in [1.807, 2.05) is 13.8 Å². The van der Waals surface area contributed by atoms with Crippen LogP contribution < -0.4 is 10.6 Å². The topological polar surface area (TPSA) is 128 Å². The van der Waals surface area contributed by atoms with E-state index in [9.17, 15) is 24.6 Å². The molecule has 4 N–H and O–H groups in total. The summed E-state index contributed by atoms with van der Waals surface area (Å²) >= 11 is 0. The van der Waals surface area contributed by atoms with Crippen molar-refractivity contribution in [2.75, 3.05) is 19.8 Å². The first kappa shape index (κ1) is 22.8. The van der Waals surface area contributed by atoms with E-state index in [0.29, 0.717) is 18.8 Å². The Hall–Kier alpha value is -1.51. The van der Waals surface area contributed by atoms with Gasteiger partial charge >= 0.3 is 0 Å². The van der Waals surface area contributed by atoms with Crippen molar-refractivity contribution in [1.82, 2.24) is 10.6 Å². The van der Waals surface area contributed by atoms with Gasteiger partial charge in [0.05, 0.1) is 25.9 Å². The molecule has 0 radical (unpaired) electrons. The fourth-order valence-electron chi connectivity index (χ4n) is 3.79. The first-order valence-corrected chi connectivity index (χ1v) is 10.3. The standard InChI is InChI=1S/C20H34N2O6/c1-13(2)8-15(18(26)20(11-24)12-28-20)22-19(27)16(10-23)21-17(25)9-14-6-4-3-5-7-14/h13-16,23-24H,3-12H2,1-2H3,(H,21,25)(H,22,27)/t15?,16-,20?/m0/s1. The first-order chi connectivity index (χ1) is 13.3. The number of hydrogen-bond donors (Lipinski definition) is 4. The Morgan fingerprint density at radius 3 is 2.21 bits per heavy atom. The molecule has 0 bridgehead atoms. The zero-order chi connectivity index (χ0) is 20.7. The molecule has 8 nitrogen and oxygen atoms in total. The van der Waals surface area contributed by atoms with E-state index in [1.54, 1.807) is 0 Å². The van der Waals surface area contributed by atoms with E-state index in [4.69, 9.17) is 4.74 Å². The molecule has 1 aliphatic heterocycles. The van der Waals surface area contributed by atoms with E-state index in [1.165, 1.54) is 6.42 Å². The highest BCUT2D eigenvalue weighted by atomic mass is 16.6. The van der Waals surface area contributed by atoms with Crippen molar-refractivity contribution in [2.24, 2.45) is 11.8 Å². The van der Waals surface area contributed by atoms with Crippen molar-refractivity contribution >= 4 is 17.6 Å². The SMILES string of the molecule is CC(C)CC(NC(=O)[C@H](CO)NC(=O)CC1CCCCC1)C(=O)C1(CO)CO1. The van der Waals surface area contributed by atoms with Gasteiger partial charge in [-0.3, -0.25) is 14.4 Å². The third kappa shape index (κ3) is 6.25. The molecule has 1 aliphatic carbocycles. The fraction of sp³-hybridized carbons (Fsp3) is 0.850. The molecule has 1 saturated heterocycles. The molecule has 3 atom stereocenters. The van der Waals surface area contributed by atoms with Gasteiger partial charge in [0.15, 0.2) is 11.4 Å². The fourth-order valence-corrected chi connectivity index (χ4v) is 3.79. The minimum atomic E-state index is -1.23. The van der Waals surface area contributed by atoms with Gasteiger partial charge in [0.25, 0.3) is 0 Å². The number of aliphatic hydroxyl groups excluding tert-OH is 2. The van der Waals surface area contributed by atoms with Crippen LogP contribution in [0.25, 0.3) is 0 Å². The average molecular weight is 399 g/mol. The third-order valence-corrected chi connectivity index (χ3v) is 5.57. The summed E-state index contributed by atoms with van der Waals surface area (Å²) in [5.74, 6) is -0.792. The van der Waals surface area contributed by atoms with Crippen LogP contribution in [0.4, 0.5) is 0 Å². The number of hydrogen-bond acceptors (Lipinski definition) is 6. The minimum Gasteiger partial charge on any atom is -0.394 e. The van der Waals surface area contributed by atoms with Crippen molar-refractivity contribution in [3.05, 3.63) is 0 Å². The lowest BCUT2D eigenvalue weighted by molar-refractivity contribution is -0.135. The van der Waals surface area contributed by atoms with Crippen molar-refractivity contribution < 1.29 is 29.3 Å². The maximum Gasteiger partial charge on any atom is 0.245 e. The molecule has 2 rings (SSSR count). The highest BCUT2D eigenvalue weighted by Crippen LogP contribution is 2.30. The lowest BCUT2D eigenvalue weighted by Crippen LogP contribution is -2.55. The van der Waals surface area contributed by atoms with Gasteiger partial charge in [0.1, 0.15) is 6.04 Å². The molecule has 0 aromatic carbocycles. The van der Waals surface area contributed by atoms with Crippen LogP contribution in [-0.2, 0) is 19.1 Å². The van der Waals surface area contributed by atoms with Gasteiger partial charge < -0.3 is 25.6 Å². The molecule has 0 spiro atoms. The summed E-state index contributed by atoms with van der Waals surface area (Å²) in [4.78, 5) is 37.5. The van der Waals surface area contributed by atoms with Crippen molar-refractivity contribution in [1.29, 1.82) is 0 Å². The van der Waals surface area contributed by atoms with Crippen LogP contribution in [0.2, 0.25) is 0 Å². The molecule has 0 aromatic heterocycles. The first-order valence-electron chi connectivity index (χ1n) is 10.3. The van der Waals surface area contributed by atoms with E-state index >= 15 is 0 Å². The van der Waals surface area contributed by atoms with Gasteiger partial charge in [0.2, 0.25) is 11.8 Å². The number of rotatable bonds is 11. The van der Waals surface area contributed by atoms with Crippen LogP contribution in [-0.4, -0.2) is 65.3 Å². The Morgan fingerprint density at radius 2 is 1.71 bits per heavy atom. The summed E-state index contributed by atoms with van der Waals surface area (Å²) in [5.41, 5.74) is -1.23. The molecule has 0 aromatic rings. The molecule has 28 heavy (non-hydrogen) atoms. The largest absolute Gasteiger partial charge is 0.394 e. The number of amides is 2. The van der Waals surface area contributed by atoms with Crippen LogP contribution in [0.5, 0.6) is 0 Å². The molecule has 8 heteroatoms. The summed E-state index contributed by atoms with van der Waals surface area (Å²) in [6, 6.07) is -1.95. The molecular weight excluding hydrogens is 364 g/mol. The molecule has 2 unspecified atom stereocenters. The molecule has 2 fully saturated rings. The van der Waals surface area contributed by atoms with Crippen LogP contribution in [0, 0.1) is 11.8 Å². The summed E-state index contributed by atoms with van der Waals surface area (Å²) < 4.78 is 5.12.